The van der Waals surface area contributed by atoms with Crippen LogP contribution in [0.3, 0.4) is 0 Å². The Labute approximate surface area is 190 Å². The molecule has 1 aliphatic rings. The number of hydrogen-bond donors (Lipinski definition) is 1. The van der Waals surface area contributed by atoms with Crippen LogP contribution < -0.4 is 4.72 Å². The van der Waals surface area contributed by atoms with E-state index in [9.17, 15) is 18.4 Å². The Morgan fingerprint density at radius 3 is 2.41 bits per heavy atom. The standard InChI is InChI=1S/C23H26F2N4O2S/c1-2-26-11-16-32-27-18-9-7-17(8-10-18)22(30)28-12-4-13-29(15-14-28)23(31)19-5-3-6-20(24)21(19)25/h2-3,5-10,27H,4,11-16H2,1H3. The van der Waals surface area contributed by atoms with Crippen LogP contribution in [0.15, 0.2) is 47.5 Å². The van der Waals surface area contributed by atoms with E-state index in [1.54, 1.807) is 35.2 Å². The quantitative estimate of drug-likeness (QED) is 0.384. The van der Waals surface area contributed by atoms with Gasteiger partial charge in [-0.05, 0) is 56.0 Å². The van der Waals surface area contributed by atoms with Gasteiger partial charge in [-0.15, -0.1) is 0 Å². The minimum absolute atomic E-state index is 0.118. The fraction of sp³-hybridized carbons (Fsp3) is 0.348. The molecule has 0 atom stereocenters. The molecule has 2 aromatic carbocycles. The summed E-state index contributed by atoms with van der Waals surface area (Å²) in [6.07, 6.45) is 2.34. The number of hydrogen-bond acceptors (Lipinski definition) is 5. The molecule has 0 aliphatic carbocycles. The SMILES string of the molecule is CC=NCCSNc1ccc(C(=O)N2CCCN(C(=O)c3cccc(F)c3F)CC2)cc1. The van der Waals surface area contributed by atoms with Crippen LogP contribution >= 0.6 is 11.9 Å². The molecule has 1 N–H and O–H groups in total. The largest absolute Gasteiger partial charge is 0.337 e. The zero-order valence-electron chi connectivity index (χ0n) is 17.9. The second kappa shape index (κ2) is 11.6. The monoisotopic (exact) mass is 460 g/mol. The molecule has 0 unspecified atom stereocenters. The Balaban J connectivity index is 1.56. The number of carbonyl (C=O) groups excluding carboxylic acids is 2. The van der Waals surface area contributed by atoms with Crippen molar-refractivity contribution in [3.05, 3.63) is 65.2 Å². The summed E-state index contributed by atoms with van der Waals surface area (Å²) in [6, 6.07) is 10.8. The summed E-state index contributed by atoms with van der Waals surface area (Å²) in [7, 11) is 0. The van der Waals surface area contributed by atoms with Gasteiger partial charge in [-0.3, -0.25) is 14.6 Å². The molecule has 2 aromatic rings. The van der Waals surface area contributed by atoms with Crippen LogP contribution in [0.25, 0.3) is 0 Å². The van der Waals surface area contributed by atoms with E-state index in [4.69, 9.17) is 0 Å². The Kier molecular flexibility index (Phi) is 8.61. The summed E-state index contributed by atoms with van der Waals surface area (Å²) >= 11 is 1.55. The van der Waals surface area contributed by atoms with Gasteiger partial charge in [0.25, 0.3) is 11.8 Å². The molecule has 1 heterocycles. The van der Waals surface area contributed by atoms with Crippen LogP contribution in [-0.2, 0) is 0 Å². The molecule has 2 amide bonds. The average molecular weight is 461 g/mol. The zero-order chi connectivity index (χ0) is 22.9. The number of nitrogens with zero attached hydrogens (tertiary/aromatic N) is 3. The fourth-order valence-corrected chi connectivity index (χ4v) is 3.99. The molecule has 32 heavy (non-hydrogen) atoms. The van der Waals surface area contributed by atoms with Crippen molar-refractivity contribution in [2.45, 2.75) is 13.3 Å². The number of carbonyl (C=O) groups is 2. The number of rotatable bonds is 7. The van der Waals surface area contributed by atoms with Crippen molar-refractivity contribution >= 4 is 35.7 Å². The normalized spacial score (nSPS) is 14.5. The third-order valence-electron chi connectivity index (χ3n) is 5.08. The third-order valence-corrected chi connectivity index (χ3v) is 5.85. The Morgan fingerprint density at radius 1 is 1.03 bits per heavy atom. The van der Waals surface area contributed by atoms with Crippen molar-refractivity contribution in [1.82, 2.24) is 9.80 Å². The predicted octanol–water partition coefficient (Wildman–Crippen LogP) is 4.10. The van der Waals surface area contributed by atoms with Crippen molar-refractivity contribution in [2.75, 3.05) is 43.2 Å². The number of benzene rings is 2. The highest BCUT2D eigenvalue weighted by molar-refractivity contribution is 8.00. The fourth-order valence-electron chi connectivity index (χ4n) is 3.39. The first-order valence-corrected chi connectivity index (χ1v) is 11.4. The van der Waals surface area contributed by atoms with E-state index in [2.05, 4.69) is 9.71 Å². The van der Waals surface area contributed by atoms with Crippen molar-refractivity contribution in [3.63, 3.8) is 0 Å². The van der Waals surface area contributed by atoms with Gasteiger partial charge in [-0.1, -0.05) is 18.0 Å². The second-order valence-corrected chi connectivity index (χ2v) is 8.13. The summed E-state index contributed by atoms with van der Waals surface area (Å²) in [5.41, 5.74) is 1.18. The van der Waals surface area contributed by atoms with Crippen LogP contribution in [-0.4, -0.2) is 66.3 Å². The lowest BCUT2D eigenvalue weighted by atomic mass is 10.1. The van der Waals surface area contributed by atoms with Gasteiger partial charge < -0.3 is 14.5 Å². The van der Waals surface area contributed by atoms with Gasteiger partial charge in [0.15, 0.2) is 11.6 Å². The number of aliphatic imine (C=N–C) groups is 1. The molecule has 1 aliphatic heterocycles. The Bertz CT molecular complexity index is 969. The van der Waals surface area contributed by atoms with Gasteiger partial charge in [0.1, 0.15) is 0 Å². The molecule has 1 fully saturated rings. The van der Waals surface area contributed by atoms with Gasteiger partial charge in [0, 0.05) is 49.7 Å². The summed E-state index contributed by atoms with van der Waals surface area (Å²) in [4.78, 5) is 32.9. The lowest BCUT2D eigenvalue weighted by Gasteiger charge is -2.22. The second-order valence-electron chi connectivity index (χ2n) is 7.23. The van der Waals surface area contributed by atoms with Crippen LogP contribution in [0, 0.1) is 11.6 Å². The van der Waals surface area contributed by atoms with E-state index in [1.807, 2.05) is 19.1 Å². The van der Waals surface area contributed by atoms with Crippen LogP contribution in [0.2, 0.25) is 0 Å². The number of nitrogens with one attached hydrogen (secondary N) is 1. The van der Waals surface area contributed by atoms with Gasteiger partial charge in [-0.2, -0.15) is 0 Å². The molecule has 6 nitrogen and oxygen atoms in total. The summed E-state index contributed by atoms with van der Waals surface area (Å²) in [5.74, 6) is -2.03. The van der Waals surface area contributed by atoms with Gasteiger partial charge >= 0.3 is 0 Å². The molecule has 0 saturated carbocycles. The van der Waals surface area contributed by atoms with E-state index in [0.29, 0.717) is 31.6 Å². The lowest BCUT2D eigenvalue weighted by molar-refractivity contribution is 0.0715. The van der Waals surface area contributed by atoms with Crippen molar-refractivity contribution in [1.29, 1.82) is 0 Å². The molecule has 0 radical (unpaired) electrons. The highest BCUT2D eigenvalue weighted by Crippen LogP contribution is 2.18. The van der Waals surface area contributed by atoms with Crippen molar-refractivity contribution < 1.29 is 18.4 Å². The molecular weight excluding hydrogens is 434 g/mol. The molecule has 9 heteroatoms. The Morgan fingerprint density at radius 2 is 1.72 bits per heavy atom. The van der Waals surface area contributed by atoms with Crippen molar-refractivity contribution in [3.8, 4) is 0 Å². The van der Waals surface area contributed by atoms with E-state index >= 15 is 0 Å². The molecule has 1 saturated heterocycles. The van der Waals surface area contributed by atoms with Gasteiger partial charge in [0.05, 0.1) is 5.56 Å². The minimum atomic E-state index is -1.14. The molecule has 170 valence electrons. The summed E-state index contributed by atoms with van der Waals surface area (Å²) in [5, 5.41) is 0. The average Bonchev–Trinajstić information content (AvgIpc) is 3.07. The van der Waals surface area contributed by atoms with E-state index < -0.39 is 17.5 Å². The summed E-state index contributed by atoms with van der Waals surface area (Å²) in [6.45, 7) is 4.08. The highest BCUT2D eigenvalue weighted by Gasteiger charge is 2.25. The lowest BCUT2D eigenvalue weighted by Crippen LogP contribution is -2.37. The van der Waals surface area contributed by atoms with E-state index in [-0.39, 0.29) is 18.0 Å². The maximum absolute atomic E-state index is 14.0. The highest BCUT2D eigenvalue weighted by atomic mass is 32.2. The smallest absolute Gasteiger partial charge is 0.257 e. The minimum Gasteiger partial charge on any atom is -0.337 e. The van der Waals surface area contributed by atoms with Crippen LogP contribution in [0.1, 0.15) is 34.1 Å². The summed E-state index contributed by atoms with van der Waals surface area (Å²) < 4.78 is 30.7. The molecule has 0 aromatic heterocycles. The molecule has 0 bridgehead atoms. The number of amides is 2. The Hall–Kier alpha value is -2.94. The molecular formula is C23H26F2N4O2S. The number of anilines is 1. The predicted molar refractivity (Wildman–Crippen MR) is 124 cm³/mol. The third kappa shape index (κ3) is 6.06. The zero-order valence-corrected chi connectivity index (χ0v) is 18.7. The van der Waals surface area contributed by atoms with Gasteiger partial charge in [-0.25, -0.2) is 8.78 Å². The van der Waals surface area contributed by atoms with Crippen molar-refractivity contribution in [2.24, 2.45) is 4.99 Å². The first-order chi connectivity index (χ1) is 15.5. The van der Waals surface area contributed by atoms with E-state index in [1.165, 1.54) is 17.0 Å². The van der Waals surface area contributed by atoms with Gasteiger partial charge in [0.2, 0.25) is 0 Å². The van der Waals surface area contributed by atoms with Crippen LogP contribution in [0.5, 0.6) is 0 Å². The maximum Gasteiger partial charge on any atom is 0.257 e. The first kappa shape index (κ1) is 23.7. The molecule has 0 spiro atoms. The topological polar surface area (TPSA) is 65.0 Å². The van der Waals surface area contributed by atoms with Crippen LogP contribution in [0.4, 0.5) is 14.5 Å². The molecule has 3 rings (SSSR count). The first-order valence-electron chi connectivity index (χ1n) is 10.5. The number of halogens is 2. The maximum atomic E-state index is 14.0. The van der Waals surface area contributed by atoms with E-state index in [0.717, 1.165) is 24.1 Å².